The summed E-state index contributed by atoms with van der Waals surface area (Å²) in [6.45, 7) is 8.06. The number of carbonyl (C=O) groups excluding carboxylic acids is 1. The number of aliphatic hydroxyl groups excluding tert-OH is 1. The number of β-amino-alcohol motifs (C(OH)–C–C–N with tert-alkyl or cyclic N) is 1. The van der Waals surface area contributed by atoms with Crippen molar-refractivity contribution >= 4 is 17.6 Å². The van der Waals surface area contributed by atoms with E-state index < -0.39 is 17.9 Å². The number of carboxylic acids is 1. The second-order valence-corrected chi connectivity index (χ2v) is 10.1. The second kappa shape index (κ2) is 13.9. The predicted octanol–water partition coefficient (Wildman–Crippen LogP) is 1.87. The van der Waals surface area contributed by atoms with Crippen LogP contribution in [0.5, 0.6) is 0 Å². The molecule has 0 aliphatic heterocycles. The fourth-order valence-corrected chi connectivity index (χ4v) is 4.31. The third kappa shape index (κ3) is 8.89. The van der Waals surface area contributed by atoms with Gasteiger partial charge >= 0.3 is 29.6 Å². The Labute approximate surface area is 245 Å². The fourth-order valence-electron chi connectivity index (χ4n) is 4.20. The minimum atomic E-state index is -1.20. The molecule has 8 heteroatoms. The quantitative estimate of drug-likeness (QED) is 0.366. The molecule has 0 heterocycles. The maximum absolute atomic E-state index is 13.8. The number of benzene rings is 3. The summed E-state index contributed by atoms with van der Waals surface area (Å²) in [5.41, 5.74) is 3.97. The van der Waals surface area contributed by atoms with E-state index in [1.807, 2.05) is 51.1 Å². The maximum Gasteiger partial charge on any atom is 1.00 e. The second-order valence-electron chi connectivity index (χ2n) is 9.72. The Balaban J connectivity index is 0.00000481. The monoisotopic (exact) mass is 535 g/mol. The number of aryl methyl sites for hydroxylation is 1. The Kier molecular flexibility index (Phi) is 11.8. The summed E-state index contributed by atoms with van der Waals surface area (Å²) in [5.74, 6) is -1.65. The van der Waals surface area contributed by atoms with Crippen molar-refractivity contribution in [2.75, 3.05) is 13.2 Å². The third-order valence-electron chi connectivity index (χ3n) is 6.14. The normalized spacial score (nSPS) is 13.1. The van der Waals surface area contributed by atoms with Crippen LogP contribution in [0.15, 0.2) is 60.7 Å². The molecule has 0 aromatic heterocycles. The van der Waals surface area contributed by atoms with E-state index >= 15 is 0 Å². The number of hydrogen-bond acceptors (Lipinski definition) is 5. The molecule has 3 aromatic rings. The number of hydrogen-bond donors (Lipinski definition) is 2. The molecule has 192 valence electrons. The number of carbonyl (C=O) groups is 1. The van der Waals surface area contributed by atoms with E-state index in [-0.39, 0.29) is 58.4 Å². The van der Waals surface area contributed by atoms with Gasteiger partial charge in [0.1, 0.15) is 5.82 Å². The van der Waals surface area contributed by atoms with Gasteiger partial charge in [-0.3, -0.25) is 0 Å². The van der Waals surface area contributed by atoms with Crippen molar-refractivity contribution in [1.29, 1.82) is 0 Å². The van der Waals surface area contributed by atoms with E-state index in [1.54, 1.807) is 31.2 Å². The zero-order valence-corrected chi connectivity index (χ0v) is 24.7. The summed E-state index contributed by atoms with van der Waals surface area (Å²) < 4.78 is 19.8. The molecule has 0 aliphatic carbocycles. The molecule has 0 amide bonds. The molecule has 0 saturated carbocycles. The molecule has 2 atom stereocenters. The van der Waals surface area contributed by atoms with Crippen LogP contribution in [0.2, 0.25) is 5.02 Å². The number of carboxylic acid groups (broad SMARTS) is 1. The van der Waals surface area contributed by atoms with Crippen molar-refractivity contribution in [2.24, 2.45) is 0 Å². The van der Waals surface area contributed by atoms with Crippen LogP contribution >= 0.6 is 11.6 Å². The van der Waals surface area contributed by atoms with E-state index in [4.69, 9.17) is 16.3 Å². The molecule has 3 aromatic carbocycles. The van der Waals surface area contributed by atoms with E-state index in [9.17, 15) is 19.4 Å². The smallest absolute Gasteiger partial charge is 0.545 e. The first-order valence-corrected chi connectivity index (χ1v) is 12.2. The molecule has 0 spiro atoms. The van der Waals surface area contributed by atoms with Crippen LogP contribution in [0.4, 0.5) is 4.39 Å². The molecule has 0 radical (unpaired) electrons. The Hall–Kier alpha value is -1.77. The molecule has 5 nitrogen and oxygen atoms in total. The maximum atomic E-state index is 13.8. The molecular weight excluding hydrogens is 504 g/mol. The number of aliphatic hydroxyl groups is 1. The van der Waals surface area contributed by atoms with Crippen molar-refractivity contribution in [1.82, 2.24) is 5.32 Å². The van der Waals surface area contributed by atoms with Crippen molar-refractivity contribution in [3.63, 3.8) is 0 Å². The van der Waals surface area contributed by atoms with E-state index in [0.29, 0.717) is 18.5 Å². The SMILES string of the molecule is Cc1cc(-c2ccccc2[C@@H](C)OC[C@H](O)CNC(C)(C)Cc2ccc(Cl)c(F)c2)ccc1C(=O)[O-].[Na+]. The van der Waals surface area contributed by atoms with Crippen molar-refractivity contribution in [3.8, 4) is 11.1 Å². The first-order valence-electron chi connectivity index (χ1n) is 11.9. The average Bonchev–Trinajstić information content (AvgIpc) is 2.83. The van der Waals surface area contributed by atoms with E-state index in [1.165, 1.54) is 6.07 Å². The summed E-state index contributed by atoms with van der Waals surface area (Å²) in [6, 6.07) is 17.7. The van der Waals surface area contributed by atoms with Gasteiger partial charge in [-0.15, -0.1) is 0 Å². The zero-order chi connectivity index (χ0) is 26.5. The number of aromatic carboxylic acids is 1. The van der Waals surface area contributed by atoms with Crippen LogP contribution in [0.3, 0.4) is 0 Å². The molecule has 0 bridgehead atoms. The van der Waals surface area contributed by atoms with Gasteiger partial charge in [-0.05, 0) is 74.1 Å². The molecular formula is C29H32ClFNNaO4. The average molecular weight is 536 g/mol. The van der Waals surface area contributed by atoms with Crippen LogP contribution < -0.4 is 40.0 Å². The van der Waals surface area contributed by atoms with Gasteiger partial charge in [0.25, 0.3) is 0 Å². The first-order chi connectivity index (χ1) is 17.0. The van der Waals surface area contributed by atoms with Crippen LogP contribution in [0, 0.1) is 12.7 Å². The molecule has 37 heavy (non-hydrogen) atoms. The van der Waals surface area contributed by atoms with Gasteiger partial charge in [0, 0.05) is 17.6 Å². The van der Waals surface area contributed by atoms with Crippen LogP contribution in [0.1, 0.15) is 53.9 Å². The van der Waals surface area contributed by atoms with Crippen LogP contribution in [-0.2, 0) is 11.2 Å². The molecule has 2 N–H and O–H groups in total. The zero-order valence-electron chi connectivity index (χ0n) is 22.0. The number of rotatable bonds is 11. The van der Waals surface area contributed by atoms with Gasteiger partial charge in [-0.1, -0.05) is 60.1 Å². The van der Waals surface area contributed by atoms with E-state index in [0.717, 1.165) is 22.3 Å². The summed E-state index contributed by atoms with van der Waals surface area (Å²) in [4.78, 5) is 11.2. The molecule has 3 rings (SSSR count). The molecule has 0 unspecified atom stereocenters. The predicted molar refractivity (Wildman–Crippen MR) is 139 cm³/mol. The van der Waals surface area contributed by atoms with Gasteiger partial charge < -0.3 is 25.1 Å². The van der Waals surface area contributed by atoms with Gasteiger partial charge in [0.2, 0.25) is 0 Å². The van der Waals surface area contributed by atoms with Crippen molar-refractivity contribution < 1.29 is 53.7 Å². The molecule has 0 fully saturated rings. The van der Waals surface area contributed by atoms with Crippen molar-refractivity contribution in [3.05, 3.63) is 93.8 Å². The summed E-state index contributed by atoms with van der Waals surface area (Å²) in [7, 11) is 0. The Morgan fingerprint density at radius 2 is 1.86 bits per heavy atom. The number of halogens is 2. The third-order valence-corrected chi connectivity index (χ3v) is 6.45. The largest absolute Gasteiger partial charge is 1.00 e. The van der Waals surface area contributed by atoms with Gasteiger partial charge in [0.15, 0.2) is 0 Å². The van der Waals surface area contributed by atoms with Crippen LogP contribution in [0.25, 0.3) is 11.1 Å². The molecule has 0 aliphatic rings. The topological polar surface area (TPSA) is 81.6 Å². The Morgan fingerprint density at radius 1 is 1.16 bits per heavy atom. The molecule has 0 saturated heterocycles. The summed E-state index contributed by atoms with van der Waals surface area (Å²) in [5, 5.41) is 25.2. The van der Waals surface area contributed by atoms with Crippen molar-refractivity contribution in [2.45, 2.75) is 51.9 Å². The Morgan fingerprint density at radius 3 is 2.51 bits per heavy atom. The summed E-state index contributed by atoms with van der Waals surface area (Å²) >= 11 is 5.77. The standard InChI is InChI=1S/C29H33ClFNO4.Na/c1-18-13-21(10-11-23(18)28(34)35)25-8-6-5-7-24(25)19(2)36-17-22(33)16-32-29(3,4)15-20-9-12-26(30)27(31)14-20;/h5-14,19,22,32-33H,15-17H2,1-4H3,(H,34,35);/q;+1/p-1/t19-,22-;/m1./s1. The van der Waals surface area contributed by atoms with Crippen LogP contribution in [-0.4, -0.2) is 35.9 Å². The number of nitrogens with one attached hydrogen (secondary N) is 1. The van der Waals surface area contributed by atoms with Gasteiger partial charge in [-0.2, -0.15) is 0 Å². The first kappa shape index (κ1) is 31.4. The minimum Gasteiger partial charge on any atom is -0.545 e. The van der Waals surface area contributed by atoms with E-state index in [2.05, 4.69) is 5.32 Å². The fraction of sp³-hybridized carbons (Fsp3) is 0.345. The Bertz CT molecular complexity index is 1220. The number of ether oxygens (including phenoxy) is 1. The summed E-state index contributed by atoms with van der Waals surface area (Å²) in [6.07, 6.45) is -0.485. The van der Waals surface area contributed by atoms with Gasteiger partial charge in [-0.25, -0.2) is 4.39 Å². The van der Waals surface area contributed by atoms with Gasteiger partial charge in [0.05, 0.1) is 29.8 Å². The minimum absolute atomic E-state index is 0.